The Morgan fingerprint density at radius 3 is 3.00 bits per heavy atom. The van der Waals surface area contributed by atoms with Crippen molar-refractivity contribution in [2.45, 2.75) is 19.4 Å². The molecule has 4 heteroatoms. The van der Waals surface area contributed by atoms with Gasteiger partial charge in [-0.1, -0.05) is 0 Å². The van der Waals surface area contributed by atoms with Gasteiger partial charge in [0.15, 0.2) is 0 Å². The summed E-state index contributed by atoms with van der Waals surface area (Å²) in [5.74, 6) is -0.136. The number of hydrogen-bond donors (Lipinski definition) is 0. The summed E-state index contributed by atoms with van der Waals surface area (Å²) in [6, 6.07) is 0. The number of likely N-dealkylation sites (N-methyl/N-ethyl adjacent to an activating group) is 1. The van der Waals surface area contributed by atoms with Crippen LogP contribution in [0.2, 0.25) is 0 Å². The fraction of sp³-hybridized carbons (Fsp3) is 0.636. The van der Waals surface area contributed by atoms with E-state index in [9.17, 15) is 9.59 Å². The van der Waals surface area contributed by atoms with E-state index in [1.165, 1.54) is 6.26 Å². The molecule has 0 aromatic heterocycles. The van der Waals surface area contributed by atoms with Gasteiger partial charge in [0.05, 0.1) is 17.8 Å². The number of piperidine rings is 1. The molecule has 1 fully saturated rings. The van der Waals surface area contributed by atoms with Crippen LogP contribution in [0.3, 0.4) is 0 Å². The maximum absolute atomic E-state index is 11.8. The monoisotopic (exact) mass is 209 g/mol. The lowest BCUT2D eigenvalue weighted by molar-refractivity contribution is -0.131. The summed E-state index contributed by atoms with van der Waals surface area (Å²) in [5, 5.41) is 0. The number of nitrogens with zero attached hydrogens (tertiary/aromatic N) is 1. The van der Waals surface area contributed by atoms with Crippen LogP contribution in [0.25, 0.3) is 0 Å². The molecule has 0 bridgehead atoms. The van der Waals surface area contributed by atoms with Crippen LogP contribution in [0, 0.1) is 11.8 Å². The maximum atomic E-state index is 11.8. The van der Waals surface area contributed by atoms with Gasteiger partial charge in [-0.25, -0.2) is 0 Å². The van der Waals surface area contributed by atoms with E-state index in [2.05, 4.69) is 0 Å². The highest BCUT2D eigenvalue weighted by Gasteiger charge is 2.40. The molecule has 0 spiro atoms. The summed E-state index contributed by atoms with van der Waals surface area (Å²) >= 11 is 0. The molecule has 0 aromatic carbocycles. The van der Waals surface area contributed by atoms with Crippen LogP contribution in [0.5, 0.6) is 0 Å². The van der Waals surface area contributed by atoms with Crippen LogP contribution in [-0.2, 0) is 14.3 Å². The highest BCUT2D eigenvalue weighted by Crippen LogP contribution is 2.35. The Bertz CT molecular complexity index is 324. The highest BCUT2D eigenvalue weighted by molar-refractivity contribution is 5.95. The van der Waals surface area contributed by atoms with Crippen molar-refractivity contribution in [1.82, 2.24) is 4.90 Å². The SMILES string of the molecule is C[C@@H]1OC=C2C(=O)N(C)CC[C@H]2[C@H]1C=O. The van der Waals surface area contributed by atoms with Crippen LogP contribution in [0.4, 0.5) is 0 Å². The first-order valence-corrected chi connectivity index (χ1v) is 5.21. The van der Waals surface area contributed by atoms with Crippen molar-refractivity contribution in [3.05, 3.63) is 11.8 Å². The molecule has 0 aromatic rings. The van der Waals surface area contributed by atoms with Crippen molar-refractivity contribution in [2.24, 2.45) is 11.8 Å². The lowest BCUT2D eigenvalue weighted by atomic mass is 9.78. The van der Waals surface area contributed by atoms with E-state index in [4.69, 9.17) is 4.74 Å². The van der Waals surface area contributed by atoms with Crippen LogP contribution >= 0.6 is 0 Å². The van der Waals surface area contributed by atoms with E-state index in [1.807, 2.05) is 6.92 Å². The molecule has 2 rings (SSSR count). The van der Waals surface area contributed by atoms with Crippen molar-refractivity contribution in [2.75, 3.05) is 13.6 Å². The molecule has 82 valence electrons. The molecular weight excluding hydrogens is 194 g/mol. The van der Waals surface area contributed by atoms with Gasteiger partial charge in [0, 0.05) is 19.5 Å². The number of aldehydes is 1. The zero-order valence-corrected chi connectivity index (χ0v) is 8.97. The van der Waals surface area contributed by atoms with Crippen molar-refractivity contribution in [3.63, 3.8) is 0 Å². The minimum Gasteiger partial charge on any atom is -0.497 e. The van der Waals surface area contributed by atoms with E-state index in [0.717, 1.165) is 19.3 Å². The standard InChI is InChI=1S/C11H15NO3/c1-7-9(5-13)8-3-4-12(2)11(14)10(8)6-15-7/h5-9H,3-4H2,1-2H3/t7-,8-,9-/m0/s1. The fourth-order valence-corrected chi connectivity index (χ4v) is 2.31. The summed E-state index contributed by atoms with van der Waals surface area (Å²) in [6.07, 6.45) is 3.19. The topological polar surface area (TPSA) is 46.6 Å². The zero-order chi connectivity index (χ0) is 11.0. The van der Waals surface area contributed by atoms with Gasteiger partial charge in [-0.3, -0.25) is 4.79 Å². The van der Waals surface area contributed by atoms with Crippen LogP contribution < -0.4 is 0 Å². The normalized spacial score (nSPS) is 35.3. The Balaban J connectivity index is 2.30. The first kappa shape index (κ1) is 10.2. The lowest BCUT2D eigenvalue weighted by Crippen LogP contribution is -2.45. The predicted molar refractivity (Wildman–Crippen MR) is 53.9 cm³/mol. The van der Waals surface area contributed by atoms with Crippen LogP contribution in [0.15, 0.2) is 11.8 Å². The minimum atomic E-state index is -0.178. The van der Waals surface area contributed by atoms with Crippen molar-refractivity contribution in [1.29, 1.82) is 0 Å². The van der Waals surface area contributed by atoms with E-state index >= 15 is 0 Å². The Morgan fingerprint density at radius 2 is 2.33 bits per heavy atom. The summed E-state index contributed by atoms with van der Waals surface area (Å²) in [5.41, 5.74) is 0.652. The molecule has 1 saturated heterocycles. The molecule has 0 aliphatic carbocycles. The molecule has 1 amide bonds. The van der Waals surface area contributed by atoms with Gasteiger partial charge in [0.1, 0.15) is 12.4 Å². The Morgan fingerprint density at radius 1 is 1.60 bits per heavy atom. The van der Waals surface area contributed by atoms with Gasteiger partial charge < -0.3 is 14.4 Å². The van der Waals surface area contributed by atoms with Gasteiger partial charge in [-0.05, 0) is 13.3 Å². The molecule has 4 nitrogen and oxygen atoms in total. The first-order chi connectivity index (χ1) is 7.15. The average molecular weight is 209 g/mol. The molecule has 0 unspecified atom stereocenters. The van der Waals surface area contributed by atoms with Crippen LogP contribution in [0.1, 0.15) is 13.3 Å². The second-order valence-corrected chi connectivity index (χ2v) is 4.25. The highest BCUT2D eigenvalue weighted by atomic mass is 16.5. The number of carbonyl (C=O) groups excluding carboxylic acids is 2. The van der Waals surface area contributed by atoms with Gasteiger partial charge >= 0.3 is 0 Å². The lowest BCUT2D eigenvalue weighted by Gasteiger charge is -2.38. The van der Waals surface area contributed by atoms with E-state index in [-0.39, 0.29) is 23.8 Å². The Labute approximate surface area is 88.9 Å². The van der Waals surface area contributed by atoms with Gasteiger partial charge in [-0.2, -0.15) is 0 Å². The number of amides is 1. The quantitative estimate of drug-likeness (QED) is 0.593. The number of carbonyl (C=O) groups is 2. The summed E-state index contributed by atoms with van der Waals surface area (Å²) < 4.78 is 5.33. The number of hydrogen-bond acceptors (Lipinski definition) is 3. The number of ether oxygens (including phenoxy) is 1. The van der Waals surface area contributed by atoms with Crippen molar-refractivity contribution < 1.29 is 14.3 Å². The largest absolute Gasteiger partial charge is 0.497 e. The molecule has 15 heavy (non-hydrogen) atoms. The third-order valence-corrected chi connectivity index (χ3v) is 3.34. The third-order valence-electron chi connectivity index (χ3n) is 3.34. The van der Waals surface area contributed by atoms with Gasteiger partial charge in [-0.15, -0.1) is 0 Å². The van der Waals surface area contributed by atoms with E-state index in [1.54, 1.807) is 11.9 Å². The second-order valence-electron chi connectivity index (χ2n) is 4.25. The van der Waals surface area contributed by atoms with Gasteiger partial charge in [0.2, 0.25) is 0 Å². The molecule has 0 N–H and O–H groups in total. The molecule has 2 heterocycles. The Hall–Kier alpha value is -1.32. The predicted octanol–water partition coefficient (Wildman–Crippen LogP) is 0.582. The molecular formula is C11H15NO3. The summed E-state index contributed by atoms with van der Waals surface area (Å²) in [6.45, 7) is 2.59. The molecule has 2 aliphatic heterocycles. The first-order valence-electron chi connectivity index (χ1n) is 5.21. The number of likely N-dealkylation sites (tertiary alicyclic amines) is 1. The van der Waals surface area contributed by atoms with Crippen LogP contribution in [-0.4, -0.2) is 36.8 Å². The second kappa shape index (κ2) is 3.68. The third kappa shape index (κ3) is 1.54. The minimum absolute atomic E-state index is 0.00926. The van der Waals surface area contributed by atoms with E-state index < -0.39 is 0 Å². The molecule has 2 aliphatic rings. The molecule has 0 saturated carbocycles. The smallest absolute Gasteiger partial charge is 0.252 e. The summed E-state index contributed by atoms with van der Waals surface area (Å²) in [7, 11) is 1.77. The van der Waals surface area contributed by atoms with Crippen molar-refractivity contribution >= 4 is 12.2 Å². The van der Waals surface area contributed by atoms with E-state index in [0.29, 0.717) is 5.57 Å². The Kier molecular flexibility index (Phi) is 2.50. The number of fused-ring (bicyclic) bond motifs is 1. The maximum Gasteiger partial charge on any atom is 0.252 e. The molecule has 3 atom stereocenters. The number of rotatable bonds is 1. The fourth-order valence-electron chi connectivity index (χ4n) is 2.31. The van der Waals surface area contributed by atoms with Crippen molar-refractivity contribution in [3.8, 4) is 0 Å². The average Bonchev–Trinajstić information content (AvgIpc) is 2.23. The summed E-state index contributed by atoms with van der Waals surface area (Å²) in [4.78, 5) is 24.4. The zero-order valence-electron chi connectivity index (χ0n) is 8.97. The molecule has 0 radical (unpaired) electrons. The van der Waals surface area contributed by atoms with Gasteiger partial charge in [0.25, 0.3) is 5.91 Å².